The maximum Gasteiger partial charge on any atom is 0.306 e. The van der Waals surface area contributed by atoms with Crippen molar-refractivity contribution in [3.63, 3.8) is 0 Å². The summed E-state index contributed by atoms with van der Waals surface area (Å²) in [4.78, 5) is 38.3. The van der Waals surface area contributed by atoms with Crippen molar-refractivity contribution >= 4 is 17.9 Å². The largest absolute Gasteiger partial charge is 0.462 e. The number of hydrogen-bond acceptors (Lipinski definition) is 6. The molecule has 0 bridgehead atoms. The second kappa shape index (κ2) is 68.4. The molecule has 1 atom stereocenters. The normalized spacial score (nSPS) is 12.1. The molecule has 0 fully saturated rings. The van der Waals surface area contributed by atoms with Crippen LogP contribution in [-0.2, 0) is 28.6 Å². The number of carbonyl (C=O) groups excluding carboxylic acids is 3. The molecule has 1 unspecified atom stereocenters. The molecule has 0 rings (SSSR count). The van der Waals surface area contributed by atoms with Crippen molar-refractivity contribution in [3.05, 3.63) is 24.3 Å². The highest BCUT2D eigenvalue weighted by Gasteiger charge is 2.19. The van der Waals surface area contributed by atoms with E-state index in [1.165, 1.54) is 302 Å². The predicted molar refractivity (Wildman–Crippen MR) is 344 cm³/mol. The van der Waals surface area contributed by atoms with Gasteiger partial charge in [-0.1, -0.05) is 340 Å². The van der Waals surface area contributed by atoms with E-state index in [-0.39, 0.29) is 31.1 Å². The van der Waals surface area contributed by atoms with Gasteiger partial charge in [0.1, 0.15) is 13.2 Å². The van der Waals surface area contributed by atoms with Crippen LogP contribution in [0.3, 0.4) is 0 Å². The third kappa shape index (κ3) is 66.6. The minimum Gasteiger partial charge on any atom is -0.462 e. The molecule has 6 nitrogen and oxygen atoms in total. The van der Waals surface area contributed by atoms with Crippen molar-refractivity contribution in [2.45, 2.75) is 412 Å². The molecule has 0 aliphatic rings. The predicted octanol–water partition coefficient (Wildman–Crippen LogP) is 24.6. The monoisotopic (exact) mass is 1110 g/mol. The van der Waals surface area contributed by atoms with E-state index in [0.29, 0.717) is 19.3 Å². The topological polar surface area (TPSA) is 78.9 Å². The van der Waals surface area contributed by atoms with Crippen molar-refractivity contribution in [1.82, 2.24) is 0 Å². The van der Waals surface area contributed by atoms with Gasteiger partial charge >= 0.3 is 17.9 Å². The van der Waals surface area contributed by atoms with Crippen molar-refractivity contribution < 1.29 is 28.6 Å². The first kappa shape index (κ1) is 76.9. The molecule has 0 aliphatic heterocycles. The lowest BCUT2D eigenvalue weighted by molar-refractivity contribution is -0.167. The van der Waals surface area contributed by atoms with Gasteiger partial charge in [0, 0.05) is 19.3 Å². The van der Waals surface area contributed by atoms with E-state index in [1.54, 1.807) is 0 Å². The van der Waals surface area contributed by atoms with E-state index in [1.807, 2.05) is 0 Å². The molecule has 466 valence electrons. The molecular formula is C73H138O6. The molecule has 0 spiro atoms. The second-order valence-corrected chi connectivity index (χ2v) is 24.5. The number of carbonyl (C=O) groups is 3. The fourth-order valence-corrected chi connectivity index (χ4v) is 11.0. The van der Waals surface area contributed by atoms with Crippen LogP contribution < -0.4 is 0 Å². The Morgan fingerprint density at radius 3 is 0.658 bits per heavy atom. The molecule has 0 aromatic rings. The molecule has 0 aromatic carbocycles. The summed E-state index contributed by atoms with van der Waals surface area (Å²) in [5, 5.41) is 0. The first-order chi connectivity index (χ1) is 39.0. The fourth-order valence-electron chi connectivity index (χ4n) is 11.0. The Hall–Kier alpha value is -2.11. The first-order valence-electron chi connectivity index (χ1n) is 35.8. The summed E-state index contributed by atoms with van der Waals surface area (Å²) in [7, 11) is 0. The first-order valence-corrected chi connectivity index (χ1v) is 35.8. The van der Waals surface area contributed by atoms with E-state index in [9.17, 15) is 14.4 Å². The van der Waals surface area contributed by atoms with Crippen LogP contribution >= 0.6 is 0 Å². The zero-order chi connectivity index (χ0) is 57.1. The van der Waals surface area contributed by atoms with Crippen LogP contribution in [0.5, 0.6) is 0 Å². The van der Waals surface area contributed by atoms with Gasteiger partial charge in [-0.05, 0) is 70.6 Å². The Kier molecular flexibility index (Phi) is 66.6. The van der Waals surface area contributed by atoms with E-state index in [4.69, 9.17) is 14.2 Å². The lowest BCUT2D eigenvalue weighted by Gasteiger charge is -2.18. The summed E-state index contributed by atoms with van der Waals surface area (Å²) in [5.41, 5.74) is 0. The van der Waals surface area contributed by atoms with E-state index >= 15 is 0 Å². The minimum atomic E-state index is -0.775. The summed E-state index contributed by atoms with van der Waals surface area (Å²) < 4.78 is 16.9. The second-order valence-electron chi connectivity index (χ2n) is 24.5. The van der Waals surface area contributed by atoms with Crippen LogP contribution in [0.1, 0.15) is 406 Å². The Bertz CT molecular complexity index is 1270. The molecule has 0 radical (unpaired) electrons. The average molecular weight is 1110 g/mol. The lowest BCUT2D eigenvalue weighted by Crippen LogP contribution is -2.30. The van der Waals surface area contributed by atoms with Gasteiger partial charge in [-0.2, -0.15) is 0 Å². The highest BCUT2D eigenvalue weighted by Crippen LogP contribution is 2.19. The zero-order valence-corrected chi connectivity index (χ0v) is 53.7. The quantitative estimate of drug-likeness (QED) is 0.0261. The molecule has 79 heavy (non-hydrogen) atoms. The van der Waals surface area contributed by atoms with Crippen molar-refractivity contribution in [1.29, 1.82) is 0 Å². The smallest absolute Gasteiger partial charge is 0.306 e. The minimum absolute atomic E-state index is 0.0707. The zero-order valence-electron chi connectivity index (χ0n) is 53.7. The van der Waals surface area contributed by atoms with Crippen molar-refractivity contribution in [2.75, 3.05) is 13.2 Å². The highest BCUT2D eigenvalue weighted by molar-refractivity contribution is 5.71. The number of unbranched alkanes of at least 4 members (excludes halogenated alkanes) is 52. The highest BCUT2D eigenvalue weighted by atomic mass is 16.6. The summed E-state index contributed by atoms with van der Waals surface area (Å²) in [6.45, 7) is 6.67. The molecule has 0 N–H and O–H groups in total. The Morgan fingerprint density at radius 2 is 0.418 bits per heavy atom. The van der Waals surface area contributed by atoms with Crippen molar-refractivity contribution in [2.24, 2.45) is 0 Å². The summed E-state index contributed by atoms with van der Waals surface area (Å²) in [5.74, 6) is -0.857. The number of allylic oxidation sites excluding steroid dienone is 4. The summed E-state index contributed by atoms with van der Waals surface area (Å²) >= 11 is 0. The van der Waals surface area contributed by atoms with Gasteiger partial charge < -0.3 is 14.2 Å². The van der Waals surface area contributed by atoms with Crippen LogP contribution in [-0.4, -0.2) is 37.2 Å². The third-order valence-electron chi connectivity index (χ3n) is 16.4. The maximum absolute atomic E-state index is 12.9. The van der Waals surface area contributed by atoms with Crippen molar-refractivity contribution in [3.8, 4) is 0 Å². The number of hydrogen-bond donors (Lipinski definition) is 0. The van der Waals surface area contributed by atoms with Crippen LogP contribution in [0, 0.1) is 0 Å². The van der Waals surface area contributed by atoms with Crippen LogP contribution in [0.25, 0.3) is 0 Å². The number of rotatable bonds is 67. The van der Waals surface area contributed by atoms with Gasteiger partial charge in [-0.25, -0.2) is 0 Å². The molecule has 6 heteroatoms. The van der Waals surface area contributed by atoms with E-state index in [2.05, 4.69) is 45.1 Å². The Balaban J connectivity index is 4.08. The molecule has 0 amide bonds. The summed E-state index contributed by atoms with van der Waals surface area (Å²) in [6, 6.07) is 0. The van der Waals surface area contributed by atoms with Gasteiger partial charge in [0.05, 0.1) is 0 Å². The van der Waals surface area contributed by atoms with Crippen LogP contribution in [0.15, 0.2) is 24.3 Å². The fraction of sp³-hybridized carbons (Fsp3) is 0.904. The molecule has 0 heterocycles. The lowest BCUT2D eigenvalue weighted by atomic mass is 10.0. The van der Waals surface area contributed by atoms with E-state index in [0.717, 1.165) is 64.2 Å². The van der Waals surface area contributed by atoms with Gasteiger partial charge in [0.2, 0.25) is 0 Å². The maximum atomic E-state index is 12.9. The number of esters is 3. The average Bonchev–Trinajstić information content (AvgIpc) is 3.45. The molecular weight excluding hydrogens is 973 g/mol. The van der Waals surface area contributed by atoms with Gasteiger partial charge in [0.25, 0.3) is 0 Å². The number of ether oxygens (including phenoxy) is 3. The van der Waals surface area contributed by atoms with Gasteiger partial charge in [0.15, 0.2) is 6.10 Å². The van der Waals surface area contributed by atoms with Crippen LogP contribution in [0.2, 0.25) is 0 Å². The molecule has 0 aliphatic carbocycles. The van der Waals surface area contributed by atoms with Gasteiger partial charge in [-0.3, -0.25) is 14.4 Å². The molecule has 0 saturated heterocycles. The van der Waals surface area contributed by atoms with Gasteiger partial charge in [-0.15, -0.1) is 0 Å². The Morgan fingerprint density at radius 1 is 0.241 bits per heavy atom. The Labute approximate surface area is 493 Å². The third-order valence-corrected chi connectivity index (χ3v) is 16.4. The SMILES string of the molecule is CCCCC/C=C\CCCCCCCC(=O)OCC(COC(=O)CCCCCCCCCCCCCCCCCCCCCCCCCCCCCCCCCC)OC(=O)CCCCCCCCC/C=C\CCCCCCCC. The summed E-state index contributed by atoms with van der Waals surface area (Å²) in [6.07, 6.45) is 83.7. The van der Waals surface area contributed by atoms with E-state index < -0.39 is 6.10 Å². The van der Waals surface area contributed by atoms with Crippen LogP contribution in [0.4, 0.5) is 0 Å². The molecule has 0 saturated carbocycles. The molecule has 0 aromatic heterocycles. The standard InChI is InChI=1S/C73H138O6/c1-4-7-10-13-16-19-22-25-27-29-30-31-32-33-34-35-36-37-38-39-40-41-42-43-45-46-48-51-54-57-60-63-66-72(75)78-69-70(68-77-71(74)65-62-59-56-53-50-24-21-18-15-12-9-6-3)79-73(76)67-64-61-58-55-52-49-47-44-28-26-23-20-17-14-11-8-5-2/h18,21,26,28,70H,4-17,19-20,22-25,27,29-69H2,1-3H3/b21-18-,28-26-.